The van der Waals surface area contributed by atoms with E-state index < -0.39 is 10.0 Å². The fourth-order valence-corrected chi connectivity index (χ4v) is 5.68. The number of ether oxygens (including phenoxy) is 2. The number of fused-ring (bicyclic) bond motifs is 1. The van der Waals surface area contributed by atoms with Gasteiger partial charge in [0.1, 0.15) is 5.75 Å². The highest BCUT2D eigenvalue weighted by Gasteiger charge is 2.40. The van der Waals surface area contributed by atoms with Crippen LogP contribution < -0.4 is 4.74 Å². The highest BCUT2D eigenvalue weighted by molar-refractivity contribution is 9.10. The summed E-state index contributed by atoms with van der Waals surface area (Å²) in [6.45, 7) is 0.894. The maximum atomic E-state index is 13.0. The van der Waals surface area contributed by atoms with Crippen molar-refractivity contribution in [2.75, 3.05) is 20.3 Å². The van der Waals surface area contributed by atoms with E-state index in [9.17, 15) is 8.42 Å². The van der Waals surface area contributed by atoms with Crippen LogP contribution in [0.4, 0.5) is 0 Å². The second kappa shape index (κ2) is 6.47. The second-order valence-electron chi connectivity index (χ2n) is 5.67. The van der Waals surface area contributed by atoms with Gasteiger partial charge in [-0.05, 0) is 47.0 Å². The highest BCUT2D eigenvalue weighted by atomic mass is 79.9. The Kier molecular flexibility index (Phi) is 4.77. The highest BCUT2D eigenvalue weighted by Crippen LogP contribution is 2.34. The van der Waals surface area contributed by atoms with E-state index in [4.69, 9.17) is 9.47 Å². The Hall–Kier alpha value is -0.630. The van der Waals surface area contributed by atoms with Crippen molar-refractivity contribution in [1.82, 2.24) is 4.31 Å². The first-order valence-corrected chi connectivity index (χ1v) is 9.74. The van der Waals surface area contributed by atoms with Gasteiger partial charge in [0.25, 0.3) is 0 Å². The van der Waals surface area contributed by atoms with E-state index in [0.717, 1.165) is 25.7 Å². The summed E-state index contributed by atoms with van der Waals surface area (Å²) in [5.41, 5.74) is 0. The summed E-state index contributed by atoms with van der Waals surface area (Å²) in [6.07, 6.45) is 4.04. The zero-order chi connectivity index (χ0) is 15.7. The SMILES string of the molecule is COc1ccc(S(=O)(=O)N2CCO[C@H]3CCCC[C@H]32)cc1Br. The molecule has 1 aromatic rings. The number of hydrogen-bond donors (Lipinski definition) is 0. The topological polar surface area (TPSA) is 55.8 Å². The number of rotatable bonds is 3. The van der Waals surface area contributed by atoms with Crippen molar-refractivity contribution >= 4 is 26.0 Å². The lowest BCUT2D eigenvalue weighted by atomic mass is 9.91. The van der Waals surface area contributed by atoms with Crippen molar-refractivity contribution in [3.8, 4) is 5.75 Å². The summed E-state index contributed by atoms with van der Waals surface area (Å²) in [6, 6.07) is 4.86. The number of halogens is 1. The molecule has 2 fully saturated rings. The molecule has 22 heavy (non-hydrogen) atoms. The molecule has 0 aromatic heterocycles. The van der Waals surface area contributed by atoms with Crippen LogP contribution in [-0.4, -0.2) is 45.1 Å². The predicted octanol–water partition coefficient (Wildman–Crippen LogP) is 2.79. The molecule has 0 N–H and O–H groups in total. The predicted molar refractivity (Wildman–Crippen MR) is 86.6 cm³/mol. The molecular formula is C15H20BrNO4S. The molecule has 2 atom stereocenters. The molecule has 1 saturated carbocycles. The molecule has 0 unspecified atom stereocenters. The third-order valence-corrected chi connectivity index (χ3v) is 6.95. The van der Waals surface area contributed by atoms with Gasteiger partial charge in [-0.25, -0.2) is 8.42 Å². The lowest BCUT2D eigenvalue weighted by Crippen LogP contribution is -2.54. The third kappa shape index (κ3) is 2.91. The van der Waals surface area contributed by atoms with E-state index in [-0.39, 0.29) is 12.1 Å². The lowest BCUT2D eigenvalue weighted by Gasteiger charge is -2.42. The Labute approximate surface area is 139 Å². The maximum Gasteiger partial charge on any atom is 0.243 e. The number of morpholine rings is 1. The Morgan fingerprint density at radius 2 is 2.09 bits per heavy atom. The summed E-state index contributed by atoms with van der Waals surface area (Å²) in [5.74, 6) is 0.622. The van der Waals surface area contributed by atoms with Gasteiger partial charge in [0.2, 0.25) is 10.0 Å². The molecule has 122 valence electrons. The summed E-state index contributed by atoms with van der Waals surface area (Å²) in [5, 5.41) is 0. The molecule has 1 aromatic carbocycles. The van der Waals surface area contributed by atoms with Gasteiger partial charge in [-0.3, -0.25) is 0 Å². The third-order valence-electron chi connectivity index (χ3n) is 4.41. The average Bonchev–Trinajstić information content (AvgIpc) is 2.54. The smallest absolute Gasteiger partial charge is 0.243 e. The van der Waals surface area contributed by atoms with E-state index >= 15 is 0 Å². The normalized spacial score (nSPS) is 26.5. The van der Waals surface area contributed by atoms with Crippen molar-refractivity contribution in [1.29, 1.82) is 0 Å². The van der Waals surface area contributed by atoms with Crippen LogP contribution >= 0.6 is 15.9 Å². The van der Waals surface area contributed by atoms with Crippen LogP contribution in [0.5, 0.6) is 5.75 Å². The number of nitrogens with zero attached hydrogens (tertiary/aromatic N) is 1. The van der Waals surface area contributed by atoms with Crippen LogP contribution in [0.25, 0.3) is 0 Å². The molecule has 3 rings (SSSR count). The van der Waals surface area contributed by atoms with Crippen molar-refractivity contribution in [3.63, 3.8) is 0 Å². The van der Waals surface area contributed by atoms with Gasteiger partial charge in [-0.15, -0.1) is 0 Å². The van der Waals surface area contributed by atoms with Crippen LogP contribution in [0.15, 0.2) is 27.6 Å². The fourth-order valence-electron chi connectivity index (χ4n) is 3.30. The van der Waals surface area contributed by atoms with Crippen molar-refractivity contribution in [3.05, 3.63) is 22.7 Å². The van der Waals surface area contributed by atoms with Crippen molar-refractivity contribution < 1.29 is 17.9 Å². The molecule has 0 amide bonds. The van der Waals surface area contributed by atoms with Gasteiger partial charge in [0.15, 0.2) is 0 Å². The molecule has 1 aliphatic carbocycles. The molecule has 5 nitrogen and oxygen atoms in total. The molecule has 2 aliphatic rings. The summed E-state index contributed by atoms with van der Waals surface area (Å²) in [4.78, 5) is 0.298. The van der Waals surface area contributed by atoms with Gasteiger partial charge in [-0.1, -0.05) is 12.8 Å². The minimum atomic E-state index is -3.51. The van der Waals surface area contributed by atoms with E-state index in [2.05, 4.69) is 15.9 Å². The van der Waals surface area contributed by atoms with E-state index in [1.165, 1.54) is 0 Å². The molecule has 1 saturated heterocycles. The molecule has 0 bridgehead atoms. The average molecular weight is 390 g/mol. The quantitative estimate of drug-likeness (QED) is 0.797. The molecule has 0 radical (unpaired) electrons. The van der Waals surface area contributed by atoms with Crippen LogP contribution in [0.2, 0.25) is 0 Å². The van der Waals surface area contributed by atoms with Gasteiger partial charge < -0.3 is 9.47 Å². The first kappa shape index (κ1) is 16.2. The first-order valence-electron chi connectivity index (χ1n) is 7.51. The van der Waals surface area contributed by atoms with E-state index in [0.29, 0.717) is 28.3 Å². The van der Waals surface area contributed by atoms with Gasteiger partial charge in [0.05, 0.1) is 35.2 Å². The molecule has 1 heterocycles. The molecule has 7 heteroatoms. The molecule has 1 aliphatic heterocycles. The van der Waals surface area contributed by atoms with Crippen LogP contribution in [-0.2, 0) is 14.8 Å². The summed E-state index contributed by atoms with van der Waals surface area (Å²) >= 11 is 3.36. The number of benzene rings is 1. The van der Waals surface area contributed by atoms with Gasteiger partial charge in [0, 0.05) is 6.54 Å². The first-order chi connectivity index (χ1) is 10.5. The zero-order valence-corrected chi connectivity index (χ0v) is 14.9. The van der Waals surface area contributed by atoms with Crippen LogP contribution in [0, 0.1) is 0 Å². The van der Waals surface area contributed by atoms with Crippen LogP contribution in [0.3, 0.4) is 0 Å². The van der Waals surface area contributed by atoms with Crippen molar-refractivity contribution in [2.24, 2.45) is 0 Å². The second-order valence-corrected chi connectivity index (χ2v) is 8.42. The van der Waals surface area contributed by atoms with E-state index in [1.807, 2.05) is 0 Å². The Morgan fingerprint density at radius 3 is 2.82 bits per heavy atom. The molecule has 0 spiro atoms. The van der Waals surface area contributed by atoms with Gasteiger partial charge >= 0.3 is 0 Å². The fraction of sp³-hybridized carbons (Fsp3) is 0.600. The largest absolute Gasteiger partial charge is 0.496 e. The summed E-state index contributed by atoms with van der Waals surface area (Å²) < 4.78 is 39.2. The van der Waals surface area contributed by atoms with Crippen LogP contribution in [0.1, 0.15) is 25.7 Å². The Bertz CT molecular complexity index is 647. The minimum absolute atomic E-state index is 0.0339. The Balaban J connectivity index is 1.92. The number of methoxy groups -OCH3 is 1. The Morgan fingerprint density at radius 1 is 1.32 bits per heavy atom. The number of hydrogen-bond acceptors (Lipinski definition) is 4. The standard InChI is InChI=1S/C15H20BrNO4S/c1-20-14-7-6-11(10-12(14)16)22(18,19)17-8-9-21-15-5-3-2-4-13(15)17/h6-7,10,13,15H,2-5,8-9H2,1H3/t13-,15+/m1/s1. The number of sulfonamides is 1. The van der Waals surface area contributed by atoms with Gasteiger partial charge in [-0.2, -0.15) is 4.31 Å². The summed E-state index contributed by atoms with van der Waals surface area (Å²) in [7, 11) is -1.95. The minimum Gasteiger partial charge on any atom is -0.496 e. The molecular weight excluding hydrogens is 370 g/mol. The van der Waals surface area contributed by atoms with E-state index in [1.54, 1.807) is 29.6 Å². The zero-order valence-electron chi connectivity index (χ0n) is 12.5. The van der Waals surface area contributed by atoms with Crippen molar-refractivity contribution in [2.45, 2.75) is 42.7 Å². The maximum absolute atomic E-state index is 13.0. The lowest BCUT2D eigenvalue weighted by molar-refractivity contribution is -0.0586. The monoisotopic (exact) mass is 389 g/mol.